The number of nitrogens with zero attached hydrogens (tertiary/aromatic N) is 3. The van der Waals surface area contributed by atoms with Gasteiger partial charge in [0.15, 0.2) is 17.4 Å². The van der Waals surface area contributed by atoms with Gasteiger partial charge in [0.05, 0.1) is 0 Å². The van der Waals surface area contributed by atoms with Crippen LogP contribution in [0, 0.1) is 13.8 Å². The van der Waals surface area contributed by atoms with Crippen molar-refractivity contribution in [1.29, 1.82) is 0 Å². The standard InChI is InChI=1S/C19H15N3O3S3/c1-11-7-14(12(2)22(11)19-20-4-6-27-19)16(23)8-25-18(24)15-10-28-17(21-15)13-3-5-26-9-13/h3-7,9-10H,8H2,1-2H3. The van der Waals surface area contributed by atoms with Gasteiger partial charge < -0.3 is 4.74 Å². The molecule has 0 saturated heterocycles. The minimum atomic E-state index is -0.597. The first-order chi connectivity index (χ1) is 13.5. The van der Waals surface area contributed by atoms with E-state index in [0.29, 0.717) is 5.56 Å². The molecule has 0 amide bonds. The summed E-state index contributed by atoms with van der Waals surface area (Å²) in [5.41, 5.74) is 3.40. The Morgan fingerprint density at radius 1 is 1.18 bits per heavy atom. The second-order valence-corrected chi connectivity index (χ2v) is 8.50. The molecular weight excluding hydrogens is 414 g/mol. The number of thiophene rings is 1. The molecule has 0 aliphatic heterocycles. The Morgan fingerprint density at radius 2 is 2.04 bits per heavy atom. The third kappa shape index (κ3) is 3.56. The van der Waals surface area contributed by atoms with Crippen molar-refractivity contribution in [3.63, 3.8) is 0 Å². The van der Waals surface area contributed by atoms with Gasteiger partial charge in [0.1, 0.15) is 5.01 Å². The lowest BCUT2D eigenvalue weighted by molar-refractivity contribution is 0.0469. The number of aryl methyl sites for hydroxylation is 1. The maximum atomic E-state index is 12.6. The largest absolute Gasteiger partial charge is 0.453 e. The first-order valence-electron chi connectivity index (χ1n) is 8.32. The first kappa shape index (κ1) is 18.7. The Balaban J connectivity index is 1.45. The molecule has 4 aromatic rings. The van der Waals surface area contributed by atoms with Crippen LogP contribution in [0.3, 0.4) is 0 Å². The number of esters is 1. The third-order valence-electron chi connectivity index (χ3n) is 4.16. The van der Waals surface area contributed by atoms with Crippen LogP contribution < -0.4 is 0 Å². The highest BCUT2D eigenvalue weighted by Gasteiger charge is 2.20. The summed E-state index contributed by atoms with van der Waals surface area (Å²) >= 11 is 4.44. The minimum absolute atomic E-state index is 0.215. The van der Waals surface area contributed by atoms with Gasteiger partial charge in [-0.3, -0.25) is 9.36 Å². The van der Waals surface area contributed by atoms with Crippen LogP contribution in [0.15, 0.2) is 39.8 Å². The van der Waals surface area contributed by atoms with Crippen LogP contribution in [0.25, 0.3) is 15.7 Å². The molecule has 0 fully saturated rings. The van der Waals surface area contributed by atoms with Crippen molar-refractivity contribution < 1.29 is 14.3 Å². The van der Waals surface area contributed by atoms with Gasteiger partial charge in [-0.2, -0.15) is 11.3 Å². The molecule has 0 atom stereocenters. The molecule has 0 saturated carbocycles. The summed E-state index contributed by atoms with van der Waals surface area (Å²) in [4.78, 5) is 33.5. The van der Waals surface area contributed by atoms with Crippen LogP contribution in [0.1, 0.15) is 32.2 Å². The number of Topliss-reactive ketones (excluding diaryl/α,β-unsaturated/α-hetero) is 1. The summed E-state index contributed by atoms with van der Waals surface area (Å²) in [5.74, 6) is -0.850. The summed E-state index contributed by atoms with van der Waals surface area (Å²) in [6.07, 6.45) is 1.72. The van der Waals surface area contributed by atoms with Crippen LogP contribution >= 0.6 is 34.0 Å². The summed E-state index contributed by atoms with van der Waals surface area (Å²) in [6, 6.07) is 3.74. The molecule has 0 bridgehead atoms. The lowest BCUT2D eigenvalue weighted by Gasteiger charge is -2.06. The average Bonchev–Trinajstić information content (AvgIpc) is 3.45. The van der Waals surface area contributed by atoms with E-state index in [9.17, 15) is 9.59 Å². The fourth-order valence-electron chi connectivity index (χ4n) is 2.83. The van der Waals surface area contributed by atoms with Gasteiger partial charge in [0.2, 0.25) is 5.78 Å². The van der Waals surface area contributed by atoms with Crippen LogP contribution in [0.5, 0.6) is 0 Å². The van der Waals surface area contributed by atoms with Gasteiger partial charge in [-0.05, 0) is 31.4 Å². The lowest BCUT2D eigenvalue weighted by Crippen LogP contribution is -2.15. The lowest BCUT2D eigenvalue weighted by atomic mass is 10.1. The topological polar surface area (TPSA) is 74.1 Å². The smallest absolute Gasteiger partial charge is 0.358 e. The Morgan fingerprint density at radius 3 is 2.75 bits per heavy atom. The van der Waals surface area contributed by atoms with Gasteiger partial charge in [0, 0.05) is 44.9 Å². The van der Waals surface area contributed by atoms with E-state index in [1.807, 2.05) is 40.6 Å². The zero-order valence-electron chi connectivity index (χ0n) is 15.0. The monoisotopic (exact) mass is 429 g/mol. The van der Waals surface area contributed by atoms with Crippen molar-refractivity contribution >= 4 is 45.8 Å². The van der Waals surface area contributed by atoms with Crippen molar-refractivity contribution in [2.45, 2.75) is 13.8 Å². The summed E-state index contributed by atoms with van der Waals surface area (Å²) in [7, 11) is 0. The van der Waals surface area contributed by atoms with Gasteiger partial charge >= 0.3 is 5.97 Å². The van der Waals surface area contributed by atoms with E-state index in [1.165, 1.54) is 22.7 Å². The highest BCUT2D eigenvalue weighted by Crippen LogP contribution is 2.26. The predicted molar refractivity (Wildman–Crippen MR) is 111 cm³/mol. The zero-order valence-corrected chi connectivity index (χ0v) is 17.5. The molecule has 28 heavy (non-hydrogen) atoms. The average molecular weight is 430 g/mol. The zero-order chi connectivity index (χ0) is 19.7. The molecule has 4 rings (SSSR count). The molecule has 0 N–H and O–H groups in total. The number of hydrogen-bond donors (Lipinski definition) is 0. The quantitative estimate of drug-likeness (QED) is 0.326. The summed E-state index contributed by atoms with van der Waals surface area (Å²) in [5, 5.41) is 9.01. The Hall–Kier alpha value is -2.62. The number of hydrogen-bond acceptors (Lipinski definition) is 8. The molecular formula is C19H15N3O3S3. The molecule has 0 aromatic carbocycles. The van der Waals surface area contributed by atoms with E-state index in [4.69, 9.17) is 4.74 Å². The van der Waals surface area contributed by atoms with E-state index in [0.717, 1.165) is 27.1 Å². The third-order valence-corrected chi connectivity index (χ3v) is 6.49. The molecule has 4 heterocycles. The van der Waals surface area contributed by atoms with Gasteiger partial charge in [-0.1, -0.05) is 0 Å². The maximum Gasteiger partial charge on any atom is 0.358 e. The Bertz CT molecular complexity index is 1130. The number of carbonyl (C=O) groups is 2. The van der Waals surface area contributed by atoms with Crippen LogP contribution in [-0.4, -0.2) is 32.9 Å². The Kier molecular flexibility index (Phi) is 5.21. The second-order valence-electron chi connectivity index (χ2n) is 5.98. The van der Waals surface area contributed by atoms with Gasteiger partial charge in [-0.15, -0.1) is 22.7 Å². The molecule has 0 aliphatic carbocycles. The molecule has 0 aliphatic rings. The first-order valence-corrected chi connectivity index (χ1v) is 11.0. The predicted octanol–water partition coefficient (Wildman–Crippen LogP) is 4.78. The minimum Gasteiger partial charge on any atom is -0.453 e. The van der Waals surface area contributed by atoms with Crippen molar-refractivity contribution in [2.24, 2.45) is 0 Å². The fourth-order valence-corrected chi connectivity index (χ4v) is 5.09. The molecule has 0 radical (unpaired) electrons. The van der Waals surface area contributed by atoms with E-state index in [-0.39, 0.29) is 18.1 Å². The number of rotatable bonds is 6. The van der Waals surface area contributed by atoms with Gasteiger partial charge in [0.25, 0.3) is 0 Å². The number of ketones is 1. The number of thiazole rings is 2. The number of ether oxygens (including phenoxy) is 1. The molecule has 6 nitrogen and oxygen atoms in total. The second kappa shape index (κ2) is 7.78. The highest BCUT2D eigenvalue weighted by atomic mass is 32.1. The summed E-state index contributed by atoms with van der Waals surface area (Å²) < 4.78 is 7.13. The van der Waals surface area contributed by atoms with Crippen molar-refractivity contribution in [3.8, 4) is 15.7 Å². The van der Waals surface area contributed by atoms with Crippen LogP contribution in [-0.2, 0) is 4.74 Å². The molecule has 4 aromatic heterocycles. The van der Waals surface area contributed by atoms with Crippen LogP contribution in [0.4, 0.5) is 0 Å². The highest BCUT2D eigenvalue weighted by molar-refractivity contribution is 7.14. The fraction of sp³-hybridized carbons (Fsp3) is 0.158. The summed E-state index contributed by atoms with van der Waals surface area (Å²) in [6.45, 7) is 3.45. The maximum absolute atomic E-state index is 12.6. The van der Waals surface area contributed by atoms with E-state index in [1.54, 1.807) is 29.0 Å². The van der Waals surface area contributed by atoms with Crippen molar-refractivity contribution in [2.75, 3.05) is 6.61 Å². The number of carbonyl (C=O) groups excluding carboxylic acids is 2. The Labute approximate surface area is 173 Å². The van der Waals surface area contributed by atoms with E-state index >= 15 is 0 Å². The van der Waals surface area contributed by atoms with Crippen molar-refractivity contribution in [3.05, 3.63) is 62.5 Å². The number of aromatic nitrogens is 3. The van der Waals surface area contributed by atoms with E-state index < -0.39 is 5.97 Å². The SMILES string of the molecule is Cc1cc(C(=O)COC(=O)c2csc(-c3ccsc3)n2)c(C)n1-c1nccs1. The normalized spacial score (nSPS) is 10.9. The molecule has 0 unspecified atom stereocenters. The van der Waals surface area contributed by atoms with Gasteiger partial charge in [-0.25, -0.2) is 14.8 Å². The molecule has 0 spiro atoms. The van der Waals surface area contributed by atoms with Crippen LogP contribution in [0.2, 0.25) is 0 Å². The van der Waals surface area contributed by atoms with E-state index in [2.05, 4.69) is 9.97 Å². The molecule has 142 valence electrons. The molecule has 9 heteroatoms. The van der Waals surface area contributed by atoms with Crippen molar-refractivity contribution in [1.82, 2.24) is 14.5 Å².